The standard InChI is InChI=1S/C8H8F2.C2H6.CH2O2/c1-8(9,10)7-5-3-2-4-6-7;1-2;2-1-3/h2-6H,1H3;1-2H3;1H,(H,2,3). The molecule has 0 fully saturated rings. The summed E-state index contributed by atoms with van der Waals surface area (Å²) in [6.07, 6.45) is 0. The lowest BCUT2D eigenvalue weighted by atomic mass is 10.1. The molecule has 0 atom stereocenters. The first kappa shape index (κ1) is 16.0. The molecule has 0 bridgehead atoms. The number of carboxylic acid groups (broad SMARTS) is 1. The highest BCUT2D eigenvalue weighted by molar-refractivity contribution is 5.32. The second-order valence-corrected chi connectivity index (χ2v) is 2.36. The van der Waals surface area contributed by atoms with Crippen LogP contribution in [0.15, 0.2) is 30.3 Å². The average Bonchev–Trinajstić information content (AvgIpc) is 2.22. The summed E-state index contributed by atoms with van der Waals surface area (Å²) in [6, 6.07) is 7.76. The first-order chi connectivity index (χ1) is 7.02. The molecule has 86 valence electrons. The van der Waals surface area contributed by atoms with Crippen LogP contribution in [0.3, 0.4) is 0 Å². The molecule has 0 amide bonds. The molecule has 1 N–H and O–H groups in total. The van der Waals surface area contributed by atoms with E-state index in [9.17, 15) is 8.78 Å². The third-order valence-corrected chi connectivity index (χ3v) is 1.28. The lowest BCUT2D eigenvalue weighted by molar-refractivity contribution is -0.122. The Morgan fingerprint density at radius 2 is 1.53 bits per heavy atom. The summed E-state index contributed by atoms with van der Waals surface area (Å²) in [6.45, 7) is 4.64. The smallest absolute Gasteiger partial charge is 0.290 e. The summed E-state index contributed by atoms with van der Waals surface area (Å²) >= 11 is 0. The molecular weight excluding hydrogens is 202 g/mol. The molecule has 15 heavy (non-hydrogen) atoms. The molecule has 0 heterocycles. The van der Waals surface area contributed by atoms with Gasteiger partial charge in [-0.1, -0.05) is 44.2 Å². The summed E-state index contributed by atoms with van der Waals surface area (Å²) < 4.78 is 24.9. The van der Waals surface area contributed by atoms with Crippen LogP contribution in [0.5, 0.6) is 0 Å². The van der Waals surface area contributed by atoms with E-state index in [4.69, 9.17) is 9.90 Å². The van der Waals surface area contributed by atoms with Crippen molar-refractivity contribution < 1.29 is 18.7 Å². The second-order valence-electron chi connectivity index (χ2n) is 2.36. The molecule has 0 aliphatic carbocycles. The third kappa shape index (κ3) is 8.87. The minimum Gasteiger partial charge on any atom is -0.483 e. The fourth-order valence-electron chi connectivity index (χ4n) is 0.731. The van der Waals surface area contributed by atoms with Gasteiger partial charge in [0.15, 0.2) is 0 Å². The monoisotopic (exact) mass is 218 g/mol. The molecule has 1 aromatic carbocycles. The summed E-state index contributed by atoms with van der Waals surface area (Å²) in [5, 5.41) is 6.89. The van der Waals surface area contributed by atoms with Crippen LogP contribution in [0.25, 0.3) is 0 Å². The Balaban J connectivity index is 0. The Labute approximate surface area is 88.6 Å². The highest BCUT2D eigenvalue weighted by Crippen LogP contribution is 2.25. The zero-order valence-corrected chi connectivity index (χ0v) is 9.08. The average molecular weight is 218 g/mol. The second kappa shape index (κ2) is 9.12. The van der Waals surface area contributed by atoms with Gasteiger partial charge in [-0.25, -0.2) is 8.78 Å². The van der Waals surface area contributed by atoms with E-state index in [2.05, 4.69) is 0 Å². The highest BCUT2D eigenvalue weighted by atomic mass is 19.3. The predicted molar refractivity (Wildman–Crippen MR) is 56.1 cm³/mol. The number of hydrogen-bond donors (Lipinski definition) is 1. The molecule has 1 rings (SSSR count). The van der Waals surface area contributed by atoms with Crippen molar-refractivity contribution in [3.05, 3.63) is 35.9 Å². The van der Waals surface area contributed by atoms with Crippen molar-refractivity contribution in [2.75, 3.05) is 0 Å². The first-order valence-corrected chi connectivity index (χ1v) is 4.53. The molecule has 0 aromatic heterocycles. The molecule has 2 nitrogen and oxygen atoms in total. The SMILES string of the molecule is CC.CC(F)(F)c1ccccc1.O=CO. The lowest BCUT2D eigenvalue weighted by Gasteiger charge is -2.08. The highest BCUT2D eigenvalue weighted by Gasteiger charge is 2.22. The van der Waals surface area contributed by atoms with Gasteiger partial charge in [0, 0.05) is 12.5 Å². The largest absolute Gasteiger partial charge is 0.483 e. The van der Waals surface area contributed by atoms with E-state index in [1.54, 1.807) is 18.2 Å². The molecule has 1 aromatic rings. The molecule has 0 aliphatic heterocycles. The van der Waals surface area contributed by atoms with Gasteiger partial charge in [0.1, 0.15) is 0 Å². The van der Waals surface area contributed by atoms with Crippen LogP contribution in [-0.2, 0) is 10.7 Å². The molecule has 0 aliphatic rings. The van der Waals surface area contributed by atoms with Crippen LogP contribution in [0.4, 0.5) is 8.78 Å². The number of benzene rings is 1. The Bertz CT molecular complexity index is 243. The molecule has 0 spiro atoms. The van der Waals surface area contributed by atoms with E-state index in [-0.39, 0.29) is 12.0 Å². The van der Waals surface area contributed by atoms with E-state index in [0.717, 1.165) is 6.92 Å². The van der Waals surface area contributed by atoms with Gasteiger partial charge in [-0.05, 0) is 0 Å². The zero-order valence-electron chi connectivity index (χ0n) is 9.08. The first-order valence-electron chi connectivity index (χ1n) is 4.53. The number of halogens is 2. The number of carbonyl (C=O) groups is 1. The van der Waals surface area contributed by atoms with Gasteiger partial charge >= 0.3 is 0 Å². The quantitative estimate of drug-likeness (QED) is 0.732. The summed E-state index contributed by atoms with van der Waals surface area (Å²) in [5.74, 6) is -2.71. The molecule has 4 heteroatoms. The zero-order chi connectivity index (χ0) is 12.3. The van der Waals surface area contributed by atoms with Crippen molar-refractivity contribution in [1.82, 2.24) is 0 Å². The van der Waals surface area contributed by atoms with Crippen molar-refractivity contribution >= 4 is 6.47 Å². The van der Waals surface area contributed by atoms with Gasteiger partial charge in [-0.2, -0.15) is 0 Å². The van der Waals surface area contributed by atoms with Crippen molar-refractivity contribution in [2.24, 2.45) is 0 Å². The maximum atomic E-state index is 12.5. The molecule has 0 saturated carbocycles. The fraction of sp³-hybridized carbons (Fsp3) is 0.364. The third-order valence-electron chi connectivity index (χ3n) is 1.28. The predicted octanol–water partition coefficient (Wildman–Crippen LogP) is 3.53. The van der Waals surface area contributed by atoms with E-state index in [1.807, 2.05) is 13.8 Å². The van der Waals surface area contributed by atoms with E-state index >= 15 is 0 Å². The van der Waals surface area contributed by atoms with Gasteiger partial charge in [0.25, 0.3) is 12.4 Å². The minimum atomic E-state index is -2.71. The van der Waals surface area contributed by atoms with Crippen molar-refractivity contribution in [2.45, 2.75) is 26.7 Å². The van der Waals surface area contributed by atoms with Crippen LogP contribution < -0.4 is 0 Å². The Morgan fingerprint density at radius 1 is 1.20 bits per heavy atom. The molecular formula is C11H16F2O2. The van der Waals surface area contributed by atoms with Crippen LogP contribution in [0.2, 0.25) is 0 Å². The van der Waals surface area contributed by atoms with E-state index in [0.29, 0.717) is 0 Å². The maximum absolute atomic E-state index is 12.5. The Morgan fingerprint density at radius 3 is 1.73 bits per heavy atom. The van der Waals surface area contributed by atoms with E-state index in [1.165, 1.54) is 12.1 Å². The minimum absolute atomic E-state index is 0.0648. The fourth-order valence-corrected chi connectivity index (χ4v) is 0.731. The van der Waals surface area contributed by atoms with Gasteiger partial charge in [-0.15, -0.1) is 0 Å². The molecule has 0 unspecified atom stereocenters. The number of rotatable bonds is 1. The van der Waals surface area contributed by atoms with Gasteiger partial charge in [0.2, 0.25) is 0 Å². The Kier molecular flexibility index (Phi) is 9.73. The molecule has 0 radical (unpaired) electrons. The summed E-state index contributed by atoms with van der Waals surface area (Å²) in [5.41, 5.74) is 0.0648. The number of alkyl halides is 2. The van der Waals surface area contributed by atoms with Gasteiger partial charge < -0.3 is 5.11 Å². The van der Waals surface area contributed by atoms with Crippen molar-refractivity contribution in [1.29, 1.82) is 0 Å². The Hall–Kier alpha value is -1.45. The van der Waals surface area contributed by atoms with Crippen LogP contribution in [-0.4, -0.2) is 11.6 Å². The molecule has 0 saturated heterocycles. The van der Waals surface area contributed by atoms with Crippen LogP contribution in [0.1, 0.15) is 26.3 Å². The lowest BCUT2D eigenvalue weighted by Crippen LogP contribution is -2.05. The van der Waals surface area contributed by atoms with Crippen molar-refractivity contribution in [3.63, 3.8) is 0 Å². The topological polar surface area (TPSA) is 37.3 Å². The normalized spacial score (nSPS) is 8.87. The summed E-state index contributed by atoms with van der Waals surface area (Å²) in [7, 11) is 0. The summed E-state index contributed by atoms with van der Waals surface area (Å²) in [4.78, 5) is 8.36. The number of hydrogen-bond acceptors (Lipinski definition) is 1. The van der Waals surface area contributed by atoms with Crippen LogP contribution >= 0.6 is 0 Å². The van der Waals surface area contributed by atoms with E-state index < -0.39 is 5.92 Å². The van der Waals surface area contributed by atoms with Gasteiger partial charge in [0.05, 0.1) is 0 Å². The van der Waals surface area contributed by atoms with Crippen molar-refractivity contribution in [3.8, 4) is 0 Å². The van der Waals surface area contributed by atoms with Gasteiger partial charge in [-0.3, -0.25) is 4.79 Å². The van der Waals surface area contributed by atoms with Crippen LogP contribution in [0, 0.1) is 0 Å². The maximum Gasteiger partial charge on any atom is 0.290 e.